The Hall–Kier alpha value is -3.71. The van der Waals surface area contributed by atoms with E-state index in [2.05, 4.69) is 126 Å². The van der Waals surface area contributed by atoms with Crippen LogP contribution in [-0.2, 0) is 5.54 Å². The standard InChI is InChI=1S/C28H20N/c1-3-11-21(12-4-1)26-19-23-15-7-8-17-25(23)28(26)27(22-13-5-2-6-14-22)20-24-16-9-10-18-29(24)28/h1-20H/q+1. The smallest absolute Gasteiger partial charge is 0.180 e. The molecule has 0 fully saturated rings. The molecule has 136 valence electrons. The third kappa shape index (κ3) is 2.19. The first-order valence-corrected chi connectivity index (χ1v) is 10.0. The molecule has 2 aliphatic rings. The fourth-order valence-electron chi connectivity index (χ4n) is 4.99. The Bertz CT molecular complexity index is 1180. The summed E-state index contributed by atoms with van der Waals surface area (Å²) in [6, 6.07) is 36.9. The molecule has 1 aliphatic heterocycles. The van der Waals surface area contributed by atoms with Crippen LogP contribution in [0.2, 0.25) is 0 Å². The maximum atomic E-state index is 2.44. The van der Waals surface area contributed by atoms with Crippen LogP contribution in [0.5, 0.6) is 0 Å². The molecule has 0 bridgehead atoms. The number of aromatic nitrogens is 1. The van der Waals surface area contributed by atoms with E-state index in [9.17, 15) is 0 Å². The van der Waals surface area contributed by atoms with Crippen molar-refractivity contribution in [2.75, 3.05) is 0 Å². The number of nitrogens with zero attached hydrogens (tertiary/aromatic N) is 1. The topological polar surface area (TPSA) is 3.88 Å². The van der Waals surface area contributed by atoms with Crippen LogP contribution in [0.1, 0.15) is 27.9 Å². The summed E-state index contributed by atoms with van der Waals surface area (Å²) >= 11 is 0. The molecule has 6 rings (SSSR count). The zero-order valence-electron chi connectivity index (χ0n) is 16.0. The molecule has 3 aromatic carbocycles. The van der Waals surface area contributed by atoms with E-state index in [1.807, 2.05) is 0 Å². The van der Waals surface area contributed by atoms with Crippen molar-refractivity contribution in [2.24, 2.45) is 0 Å². The van der Waals surface area contributed by atoms with Gasteiger partial charge in [-0.2, -0.15) is 4.57 Å². The van der Waals surface area contributed by atoms with E-state index < -0.39 is 0 Å². The molecule has 0 saturated heterocycles. The van der Waals surface area contributed by atoms with Crippen molar-refractivity contribution in [3.63, 3.8) is 0 Å². The van der Waals surface area contributed by atoms with Crippen LogP contribution in [0.3, 0.4) is 0 Å². The summed E-state index contributed by atoms with van der Waals surface area (Å²) in [5, 5.41) is 0. The molecular weight excluding hydrogens is 350 g/mol. The lowest BCUT2D eigenvalue weighted by atomic mass is 9.75. The molecular formula is C28H20N+. The zero-order chi connectivity index (χ0) is 19.3. The summed E-state index contributed by atoms with van der Waals surface area (Å²) in [4.78, 5) is 0. The minimum absolute atomic E-state index is 0.365. The van der Waals surface area contributed by atoms with Gasteiger partial charge in [-0.15, -0.1) is 0 Å². The molecule has 29 heavy (non-hydrogen) atoms. The molecule has 1 spiro atoms. The Morgan fingerprint density at radius 1 is 0.517 bits per heavy atom. The maximum absolute atomic E-state index is 2.44. The van der Waals surface area contributed by atoms with Crippen molar-refractivity contribution < 1.29 is 4.57 Å². The second kappa shape index (κ2) is 6.15. The van der Waals surface area contributed by atoms with E-state index in [4.69, 9.17) is 0 Å². The second-order valence-electron chi connectivity index (χ2n) is 7.64. The van der Waals surface area contributed by atoms with E-state index in [0.29, 0.717) is 0 Å². The van der Waals surface area contributed by atoms with Crippen LogP contribution >= 0.6 is 0 Å². The third-order valence-corrected chi connectivity index (χ3v) is 6.14. The van der Waals surface area contributed by atoms with Gasteiger partial charge in [0.05, 0.1) is 0 Å². The van der Waals surface area contributed by atoms with E-state index in [0.717, 1.165) is 0 Å². The number of allylic oxidation sites excluding steroid dienone is 2. The Morgan fingerprint density at radius 2 is 1.10 bits per heavy atom. The van der Waals surface area contributed by atoms with E-state index >= 15 is 0 Å². The van der Waals surface area contributed by atoms with Gasteiger partial charge >= 0.3 is 0 Å². The number of hydrogen-bond acceptors (Lipinski definition) is 0. The van der Waals surface area contributed by atoms with Crippen LogP contribution in [-0.4, -0.2) is 0 Å². The number of rotatable bonds is 2. The Labute approximate surface area is 170 Å². The van der Waals surface area contributed by atoms with E-state index in [-0.39, 0.29) is 5.54 Å². The fraction of sp³-hybridized carbons (Fsp3) is 0.0357. The monoisotopic (exact) mass is 370 g/mol. The second-order valence-corrected chi connectivity index (χ2v) is 7.64. The van der Waals surface area contributed by atoms with Gasteiger partial charge in [0.25, 0.3) is 0 Å². The highest BCUT2D eigenvalue weighted by Crippen LogP contribution is 2.54. The van der Waals surface area contributed by atoms with Crippen LogP contribution in [0.15, 0.2) is 109 Å². The lowest BCUT2D eigenvalue weighted by molar-refractivity contribution is -0.721. The Morgan fingerprint density at radius 3 is 1.83 bits per heavy atom. The average Bonchev–Trinajstić information content (AvgIpc) is 3.33. The number of benzene rings is 3. The molecule has 2 heterocycles. The third-order valence-electron chi connectivity index (χ3n) is 6.14. The molecule has 1 heteroatoms. The van der Waals surface area contributed by atoms with Crippen LogP contribution in [0.25, 0.3) is 23.3 Å². The summed E-state index contributed by atoms with van der Waals surface area (Å²) in [6.07, 6.45) is 6.95. The molecule has 1 unspecified atom stereocenters. The first-order valence-electron chi connectivity index (χ1n) is 10.0. The van der Waals surface area contributed by atoms with Crippen LogP contribution in [0.4, 0.5) is 0 Å². The van der Waals surface area contributed by atoms with Crippen molar-refractivity contribution in [2.45, 2.75) is 5.54 Å². The molecule has 4 aromatic rings. The van der Waals surface area contributed by atoms with Crippen LogP contribution in [0, 0.1) is 0 Å². The summed E-state index contributed by atoms with van der Waals surface area (Å²) in [6.45, 7) is 0. The van der Waals surface area contributed by atoms with Crippen molar-refractivity contribution in [3.05, 3.63) is 137 Å². The highest BCUT2D eigenvalue weighted by Gasteiger charge is 2.57. The van der Waals surface area contributed by atoms with E-state index in [1.54, 1.807) is 0 Å². The van der Waals surface area contributed by atoms with Gasteiger partial charge in [0.15, 0.2) is 6.20 Å². The predicted molar refractivity (Wildman–Crippen MR) is 119 cm³/mol. The minimum Gasteiger partial charge on any atom is -0.180 e. The maximum Gasteiger partial charge on any atom is 0.246 e. The number of hydrogen-bond donors (Lipinski definition) is 0. The molecule has 0 amide bonds. The van der Waals surface area contributed by atoms with Crippen molar-refractivity contribution in [3.8, 4) is 0 Å². The van der Waals surface area contributed by atoms with Gasteiger partial charge in [0.1, 0.15) is 0 Å². The lowest BCUT2D eigenvalue weighted by Crippen LogP contribution is -2.56. The molecule has 1 atom stereocenters. The van der Waals surface area contributed by atoms with Crippen molar-refractivity contribution in [1.82, 2.24) is 0 Å². The quantitative estimate of drug-likeness (QED) is 0.391. The normalized spacial score (nSPS) is 18.9. The predicted octanol–water partition coefficient (Wildman–Crippen LogP) is 5.83. The first kappa shape index (κ1) is 16.3. The summed E-state index contributed by atoms with van der Waals surface area (Å²) < 4.78 is 2.44. The highest BCUT2D eigenvalue weighted by molar-refractivity contribution is 6.06. The largest absolute Gasteiger partial charge is 0.246 e. The fourth-order valence-corrected chi connectivity index (χ4v) is 4.99. The summed E-state index contributed by atoms with van der Waals surface area (Å²) in [5.74, 6) is 0. The Balaban J connectivity index is 1.74. The van der Waals surface area contributed by atoms with Gasteiger partial charge < -0.3 is 0 Å². The summed E-state index contributed by atoms with van der Waals surface area (Å²) in [7, 11) is 0. The number of pyridine rings is 1. The minimum atomic E-state index is -0.365. The average molecular weight is 370 g/mol. The van der Waals surface area contributed by atoms with Gasteiger partial charge in [-0.1, -0.05) is 84.9 Å². The molecule has 0 saturated carbocycles. The van der Waals surface area contributed by atoms with Gasteiger partial charge in [-0.3, -0.25) is 0 Å². The number of fused-ring (bicyclic) bond motifs is 4. The van der Waals surface area contributed by atoms with Crippen LogP contribution < -0.4 is 4.57 Å². The van der Waals surface area contributed by atoms with Gasteiger partial charge in [-0.05, 0) is 28.8 Å². The van der Waals surface area contributed by atoms with Crippen molar-refractivity contribution in [1.29, 1.82) is 0 Å². The van der Waals surface area contributed by atoms with Crippen molar-refractivity contribution >= 4 is 23.3 Å². The van der Waals surface area contributed by atoms with Gasteiger partial charge in [-0.25, -0.2) is 0 Å². The summed E-state index contributed by atoms with van der Waals surface area (Å²) in [5.41, 5.74) is 8.65. The zero-order valence-corrected chi connectivity index (χ0v) is 16.0. The SMILES string of the molecule is C1=C(c2ccccc2)C2(C(c3ccccc3)=Cc3cccc[n+]32)c2ccccc21. The molecule has 1 aliphatic carbocycles. The molecule has 1 aromatic heterocycles. The molecule has 0 N–H and O–H groups in total. The lowest BCUT2D eigenvalue weighted by Gasteiger charge is -2.28. The van der Waals surface area contributed by atoms with E-state index in [1.165, 1.54) is 39.1 Å². The molecule has 1 nitrogen and oxygen atoms in total. The van der Waals surface area contributed by atoms with Gasteiger partial charge in [0.2, 0.25) is 11.2 Å². The molecule has 0 radical (unpaired) electrons. The highest BCUT2D eigenvalue weighted by atomic mass is 15.1. The Kier molecular flexibility index (Phi) is 3.45. The first-order chi connectivity index (χ1) is 14.4. The van der Waals surface area contributed by atoms with Gasteiger partial charge in [0, 0.05) is 34.9 Å².